The molecule has 5 heteroatoms. The van der Waals surface area contributed by atoms with Crippen LogP contribution in [0.2, 0.25) is 0 Å². The highest BCUT2D eigenvalue weighted by Gasteiger charge is 2.23. The van der Waals surface area contributed by atoms with Crippen LogP contribution in [0.25, 0.3) is 11.0 Å². The molecule has 0 aliphatic carbocycles. The highest BCUT2D eigenvalue weighted by Crippen LogP contribution is 2.27. The molecule has 23 heavy (non-hydrogen) atoms. The molecule has 2 aromatic heterocycles. The number of benzene rings is 1. The van der Waals surface area contributed by atoms with Crippen molar-refractivity contribution in [1.82, 2.24) is 9.88 Å². The van der Waals surface area contributed by atoms with E-state index in [4.69, 9.17) is 4.42 Å². The number of nitrogens with one attached hydrogen (secondary N) is 1. The number of nitrogens with zero attached hydrogens (tertiary/aromatic N) is 1. The Morgan fingerprint density at radius 3 is 2.65 bits per heavy atom. The second-order valence-electron chi connectivity index (χ2n) is 5.66. The number of aromatic nitrogens is 1. The van der Waals surface area contributed by atoms with Gasteiger partial charge < -0.3 is 14.3 Å². The van der Waals surface area contributed by atoms with Gasteiger partial charge in [0, 0.05) is 18.1 Å². The molecule has 0 bridgehead atoms. The molecular weight excluding hydrogens is 292 g/mol. The summed E-state index contributed by atoms with van der Waals surface area (Å²) in [5.74, 6) is 0.352. The van der Waals surface area contributed by atoms with Gasteiger partial charge in [0.15, 0.2) is 0 Å². The SMILES string of the molecule is Cc1ccc(C(=O)N(C)C(C)c2cc3ccccc3o2)c(=O)[nH]1. The van der Waals surface area contributed by atoms with Crippen molar-refractivity contribution in [2.75, 3.05) is 7.05 Å². The number of aryl methyl sites for hydroxylation is 1. The number of hydrogen-bond donors (Lipinski definition) is 1. The molecule has 0 aliphatic rings. The monoisotopic (exact) mass is 310 g/mol. The third kappa shape index (κ3) is 2.77. The van der Waals surface area contributed by atoms with Gasteiger partial charge in [0.25, 0.3) is 11.5 Å². The molecule has 1 N–H and O–H groups in total. The van der Waals surface area contributed by atoms with Gasteiger partial charge in [0.1, 0.15) is 16.9 Å². The smallest absolute Gasteiger partial charge is 0.260 e. The minimum Gasteiger partial charge on any atom is -0.459 e. The summed E-state index contributed by atoms with van der Waals surface area (Å²) in [5, 5.41) is 0.989. The van der Waals surface area contributed by atoms with Gasteiger partial charge in [-0.2, -0.15) is 0 Å². The summed E-state index contributed by atoms with van der Waals surface area (Å²) in [4.78, 5) is 28.7. The number of rotatable bonds is 3. The number of fused-ring (bicyclic) bond motifs is 1. The van der Waals surface area contributed by atoms with Crippen molar-refractivity contribution in [2.24, 2.45) is 0 Å². The highest BCUT2D eigenvalue weighted by molar-refractivity contribution is 5.94. The fourth-order valence-corrected chi connectivity index (χ4v) is 2.51. The molecule has 118 valence electrons. The van der Waals surface area contributed by atoms with Crippen LogP contribution in [-0.4, -0.2) is 22.8 Å². The highest BCUT2D eigenvalue weighted by atomic mass is 16.3. The van der Waals surface area contributed by atoms with E-state index in [9.17, 15) is 9.59 Å². The molecule has 0 spiro atoms. The number of H-pyrrole nitrogens is 1. The average molecular weight is 310 g/mol. The lowest BCUT2D eigenvalue weighted by Gasteiger charge is -2.23. The van der Waals surface area contributed by atoms with Crippen molar-refractivity contribution >= 4 is 16.9 Å². The number of furan rings is 1. The fraction of sp³-hybridized carbons (Fsp3) is 0.222. The lowest BCUT2D eigenvalue weighted by atomic mass is 10.1. The number of aromatic amines is 1. The van der Waals surface area contributed by atoms with E-state index in [2.05, 4.69) is 4.98 Å². The van der Waals surface area contributed by atoms with E-state index >= 15 is 0 Å². The molecule has 1 unspecified atom stereocenters. The zero-order valence-electron chi connectivity index (χ0n) is 13.3. The van der Waals surface area contributed by atoms with Crippen molar-refractivity contribution in [2.45, 2.75) is 19.9 Å². The molecule has 0 radical (unpaired) electrons. The molecule has 0 saturated carbocycles. The Morgan fingerprint density at radius 2 is 1.96 bits per heavy atom. The molecule has 1 atom stereocenters. The Kier molecular flexibility index (Phi) is 3.78. The molecule has 2 heterocycles. The third-order valence-electron chi connectivity index (χ3n) is 4.04. The van der Waals surface area contributed by atoms with Gasteiger partial charge in [0.05, 0.1) is 6.04 Å². The van der Waals surface area contributed by atoms with E-state index < -0.39 is 0 Å². The predicted octanol–water partition coefficient (Wildman–Crippen LogP) is 3.26. The number of pyridine rings is 1. The number of amides is 1. The minimum atomic E-state index is -0.376. The second kappa shape index (κ2) is 5.76. The first-order valence-corrected chi connectivity index (χ1v) is 7.43. The van der Waals surface area contributed by atoms with Crippen LogP contribution in [0.5, 0.6) is 0 Å². The summed E-state index contributed by atoms with van der Waals surface area (Å²) in [6, 6.07) is 12.6. The van der Waals surface area contributed by atoms with Crippen molar-refractivity contribution in [1.29, 1.82) is 0 Å². The van der Waals surface area contributed by atoms with Gasteiger partial charge in [-0.3, -0.25) is 9.59 Å². The van der Waals surface area contributed by atoms with Crippen molar-refractivity contribution in [3.05, 3.63) is 69.8 Å². The summed E-state index contributed by atoms with van der Waals surface area (Å²) in [6.07, 6.45) is 0. The third-order valence-corrected chi connectivity index (χ3v) is 4.04. The van der Waals surface area contributed by atoms with Crippen molar-refractivity contribution in [3.8, 4) is 0 Å². The molecule has 5 nitrogen and oxygen atoms in total. The Balaban J connectivity index is 1.90. The number of carbonyl (C=O) groups excluding carboxylic acids is 1. The van der Waals surface area contributed by atoms with E-state index in [-0.39, 0.29) is 23.1 Å². The number of carbonyl (C=O) groups is 1. The first-order chi connectivity index (χ1) is 11.0. The first-order valence-electron chi connectivity index (χ1n) is 7.43. The van der Waals surface area contributed by atoms with Gasteiger partial charge in [-0.15, -0.1) is 0 Å². The van der Waals surface area contributed by atoms with Crippen LogP contribution in [-0.2, 0) is 0 Å². The summed E-state index contributed by atoms with van der Waals surface area (Å²) >= 11 is 0. The van der Waals surface area contributed by atoms with E-state index in [1.165, 1.54) is 4.90 Å². The Labute approximate surface area is 133 Å². The molecule has 1 amide bonds. The van der Waals surface area contributed by atoms with Gasteiger partial charge in [-0.1, -0.05) is 18.2 Å². The maximum Gasteiger partial charge on any atom is 0.260 e. The Morgan fingerprint density at radius 1 is 1.22 bits per heavy atom. The van der Waals surface area contributed by atoms with E-state index in [1.807, 2.05) is 37.3 Å². The molecular formula is C18H18N2O3. The maximum atomic E-state index is 12.6. The predicted molar refractivity (Wildman–Crippen MR) is 88.5 cm³/mol. The van der Waals surface area contributed by atoms with Crippen LogP contribution < -0.4 is 5.56 Å². The largest absolute Gasteiger partial charge is 0.459 e. The molecule has 0 saturated heterocycles. The molecule has 0 aliphatic heterocycles. The van der Waals surface area contributed by atoms with Crippen LogP contribution in [0.15, 0.2) is 51.7 Å². The van der Waals surface area contributed by atoms with Crippen LogP contribution in [0.3, 0.4) is 0 Å². The van der Waals surface area contributed by atoms with Gasteiger partial charge in [-0.05, 0) is 38.1 Å². The normalized spacial score (nSPS) is 12.3. The standard InChI is InChI=1S/C18H18N2O3/c1-11-8-9-14(17(21)19-11)18(22)20(3)12(2)16-10-13-6-4-5-7-15(13)23-16/h4-10,12H,1-3H3,(H,19,21). The van der Waals surface area contributed by atoms with Crippen molar-refractivity contribution < 1.29 is 9.21 Å². The average Bonchev–Trinajstić information content (AvgIpc) is 2.97. The van der Waals surface area contributed by atoms with E-state index in [1.54, 1.807) is 26.1 Å². The van der Waals surface area contributed by atoms with Gasteiger partial charge >= 0.3 is 0 Å². The number of hydrogen-bond acceptors (Lipinski definition) is 3. The van der Waals surface area contributed by atoms with E-state index in [0.29, 0.717) is 5.76 Å². The van der Waals surface area contributed by atoms with Crippen LogP contribution in [0, 0.1) is 6.92 Å². The maximum absolute atomic E-state index is 12.6. The molecule has 3 aromatic rings. The zero-order chi connectivity index (χ0) is 16.6. The Hall–Kier alpha value is -2.82. The lowest BCUT2D eigenvalue weighted by Crippen LogP contribution is -2.33. The van der Waals surface area contributed by atoms with Crippen LogP contribution in [0.1, 0.15) is 34.8 Å². The summed E-state index contributed by atoms with van der Waals surface area (Å²) in [7, 11) is 1.67. The summed E-state index contributed by atoms with van der Waals surface area (Å²) in [6.45, 7) is 3.65. The minimum absolute atomic E-state index is 0.126. The topological polar surface area (TPSA) is 66.3 Å². The quantitative estimate of drug-likeness (QED) is 0.807. The Bertz CT molecular complexity index is 890. The number of para-hydroxylation sites is 1. The fourth-order valence-electron chi connectivity index (χ4n) is 2.51. The summed E-state index contributed by atoms with van der Waals surface area (Å²) in [5.41, 5.74) is 1.25. The van der Waals surface area contributed by atoms with Crippen molar-refractivity contribution in [3.63, 3.8) is 0 Å². The second-order valence-corrected chi connectivity index (χ2v) is 5.66. The zero-order valence-corrected chi connectivity index (χ0v) is 13.3. The molecule has 1 aromatic carbocycles. The molecule has 3 rings (SSSR count). The van der Waals surface area contributed by atoms with Gasteiger partial charge in [-0.25, -0.2) is 0 Å². The van der Waals surface area contributed by atoms with Crippen LogP contribution >= 0.6 is 0 Å². The van der Waals surface area contributed by atoms with Crippen LogP contribution in [0.4, 0.5) is 0 Å². The van der Waals surface area contributed by atoms with Gasteiger partial charge in [0.2, 0.25) is 0 Å². The lowest BCUT2D eigenvalue weighted by molar-refractivity contribution is 0.0725. The first kappa shape index (κ1) is 15.1. The summed E-state index contributed by atoms with van der Waals surface area (Å²) < 4.78 is 5.81. The molecule has 0 fully saturated rings. The van der Waals surface area contributed by atoms with E-state index in [0.717, 1.165) is 16.7 Å².